The maximum Gasteiger partial charge on any atom is 0.490 e. The van der Waals surface area contributed by atoms with E-state index in [9.17, 15) is 26.3 Å². The van der Waals surface area contributed by atoms with Crippen molar-refractivity contribution in [2.45, 2.75) is 57.0 Å². The molecule has 0 bridgehead atoms. The van der Waals surface area contributed by atoms with Gasteiger partial charge in [-0.05, 0) is 25.0 Å². The minimum atomic E-state index is -5.08. The Hall–Kier alpha value is -2.77. The van der Waals surface area contributed by atoms with E-state index in [1.165, 1.54) is 37.7 Å². The fraction of sp³-hybridized carbons (Fsp3) is 0.632. The van der Waals surface area contributed by atoms with Crippen LogP contribution < -0.4 is 15.0 Å². The van der Waals surface area contributed by atoms with E-state index in [0.717, 1.165) is 24.8 Å². The fourth-order valence-corrected chi connectivity index (χ4v) is 3.01. The Morgan fingerprint density at radius 2 is 1.55 bits per heavy atom. The maximum absolute atomic E-state index is 10.6. The van der Waals surface area contributed by atoms with Crippen LogP contribution in [-0.2, 0) is 16.1 Å². The summed E-state index contributed by atoms with van der Waals surface area (Å²) >= 11 is 0. The predicted octanol–water partition coefficient (Wildman–Crippen LogP) is 3.60. The zero-order valence-corrected chi connectivity index (χ0v) is 17.7. The number of carboxylic acids is 2. The van der Waals surface area contributed by atoms with Gasteiger partial charge in [0.05, 0.1) is 0 Å². The molecule has 2 aliphatic rings. The number of carbonyl (C=O) groups is 2. The fourth-order valence-electron chi connectivity index (χ4n) is 3.01. The first-order chi connectivity index (χ1) is 15.2. The molecule has 0 unspecified atom stereocenters. The van der Waals surface area contributed by atoms with Crippen LogP contribution in [0, 0.1) is 0 Å². The lowest BCUT2D eigenvalue weighted by molar-refractivity contribution is -0.193. The van der Waals surface area contributed by atoms with Gasteiger partial charge >= 0.3 is 24.3 Å². The first kappa shape index (κ1) is 28.3. The van der Waals surface area contributed by atoms with Crippen molar-refractivity contribution in [1.29, 1.82) is 0 Å². The van der Waals surface area contributed by atoms with Gasteiger partial charge in [0.1, 0.15) is 12.4 Å². The van der Waals surface area contributed by atoms with Crippen LogP contribution >= 0.6 is 0 Å². The van der Waals surface area contributed by atoms with Gasteiger partial charge in [0, 0.05) is 31.7 Å². The van der Waals surface area contributed by atoms with Crippen LogP contribution in [0.3, 0.4) is 0 Å². The Labute approximate surface area is 185 Å². The van der Waals surface area contributed by atoms with Gasteiger partial charge in [-0.25, -0.2) is 9.59 Å². The summed E-state index contributed by atoms with van der Waals surface area (Å²) in [6.07, 6.45) is -3.51. The van der Waals surface area contributed by atoms with Crippen molar-refractivity contribution < 1.29 is 50.9 Å². The highest BCUT2D eigenvalue weighted by Crippen LogP contribution is 2.28. The number of hydrogen-bond donors (Lipinski definition) is 3. The van der Waals surface area contributed by atoms with E-state index in [1.54, 1.807) is 0 Å². The van der Waals surface area contributed by atoms with Crippen LogP contribution in [0.2, 0.25) is 0 Å². The number of hydrogen-bond acceptors (Lipinski definition) is 6. The second kappa shape index (κ2) is 12.5. The molecule has 2 heterocycles. The van der Waals surface area contributed by atoms with E-state index in [1.807, 2.05) is 0 Å². The van der Waals surface area contributed by atoms with Crippen LogP contribution in [0.25, 0.3) is 0 Å². The summed E-state index contributed by atoms with van der Waals surface area (Å²) in [6.45, 7) is 2.45. The number of fused-ring (bicyclic) bond motifs is 1. The number of halogens is 6. The average molecular weight is 489 g/mol. The van der Waals surface area contributed by atoms with E-state index in [4.69, 9.17) is 29.5 Å². The van der Waals surface area contributed by atoms with Gasteiger partial charge in [0.15, 0.2) is 0 Å². The third-order valence-corrected chi connectivity index (χ3v) is 4.73. The van der Waals surface area contributed by atoms with Gasteiger partial charge in [-0.2, -0.15) is 31.3 Å². The van der Waals surface area contributed by atoms with Crippen molar-refractivity contribution in [1.82, 2.24) is 10.3 Å². The number of anilines is 1. The van der Waals surface area contributed by atoms with Crippen LogP contribution in [-0.4, -0.2) is 65.7 Å². The Bertz CT molecular complexity index is 758. The number of pyridine rings is 1. The number of ether oxygens (including phenoxy) is 1. The Morgan fingerprint density at radius 3 is 2.03 bits per heavy atom. The van der Waals surface area contributed by atoms with Gasteiger partial charge in [-0.1, -0.05) is 19.3 Å². The summed E-state index contributed by atoms with van der Waals surface area (Å²) < 4.78 is 69.2. The first-order valence-electron chi connectivity index (χ1n) is 9.90. The maximum atomic E-state index is 10.6. The number of nitrogens with one attached hydrogen (secondary N) is 1. The normalized spacial score (nSPS) is 16.5. The van der Waals surface area contributed by atoms with E-state index >= 15 is 0 Å². The minimum Gasteiger partial charge on any atom is -0.476 e. The molecule has 0 saturated heterocycles. The average Bonchev–Trinajstić information content (AvgIpc) is 2.98. The van der Waals surface area contributed by atoms with E-state index < -0.39 is 24.3 Å². The standard InChI is InChI=1S/C15H23N3O.2C2HF3O2/c1-18(13-5-3-2-4-6-13)14-8-7-12-11-16-9-10-19-15(12)17-14;2*3-2(4,5)1(6)7/h7-8,13,16H,2-6,9-11H2,1H3;2*(H,6,7). The third-order valence-electron chi connectivity index (χ3n) is 4.73. The molecule has 0 spiro atoms. The molecule has 8 nitrogen and oxygen atoms in total. The molecule has 188 valence electrons. The molecule has 14 heteroatoms. The molecular weight excluding hydrogens is 464 g/mol. The quantitative estimate of drug-likeness (QED) is 0.541. The summed E-state index contributed by atoms with van der Waals surface area (Å²) in [6, 6.07) is 4.92. The smallest absolute Gasteiger partial charge is 0.476 e. The van der Waals surface area contributed by atoms with Gasteiger partial charge in [-0.3, -0.25) is 0 Å². The first-order valence-corrected chi connectivity index (χ1v) is 9.90. The minimum absolute atomic E-state index is 0.642. The number of aromatic nitrogens is 1. The highest BCUT2D eigenvalue weighted by molar-refractivity contribution is 5.73. The molecule has 1 aliphatic carbocycles. The predicted molar refractivity (Wildman–Crippen MR) is 104 cm³/mol. The molecule has 1 aromatic heterocycles. The van der Waals surface area contributed by atoms with Crippen LogP contribution in [0.5, 0.6) is 5.88 Å². The highest BCUT2D eigenvalue weighted by Gasteiger charge is 2.38. The largest absolute Gasteiger partial charge is 0.490 e. The Morgan fingerprint density at radius 1 is 1.03 bits per heavy atom. The van der Waals surface area contributed by atoms with E-state index in [2.05, 4.69) is 29.4 Å². The highest BCUT2D eigenvalue weighted by atomic mass is 19.4. The SMILES string of the molecule is CN(c1ccc2c(n1)OCCNC2)C1CCCCC1.O=C(O)C(F)(F)F.O=C(O)C(F)(F)F. The van der Waals surface area contributed by atoms with Gasteiger partial charge in [-0.15, -0.1) is 0 Å². The molecule has 0 amide bonds. The van der Waals surface area contributed by atoms with Crippen LogP contribution in [0.1, 0.15) is 37.7 Å². The van der Waals surface area contributed by atoms with Crippen molar-refractivity contribution in [3.63, 3.8) is 0 Å². The molecule has 0 aromatic carbocycles. The van der Waals surface area contributed by atoms with Crippen molar-refractivity contribution in [2.75, 3.05) is 25.1 Å². The molecule has 1 saturated carbocycles. The molecule has 3 N–H and O–H groups in total. The number of rotatable bonds is 2. The van der Waals surface area contributed by atoms with Crippen molar-refractivity contribution in [2.24, 2.45) is 0 Å². The zero-order chi connectivity index (χ0) is 25.2. The molecule has 0 atom stereocenters. The Kier molecular flexibility index (Phi) is 10.7. The van der Waals surface area contributed by atoms with Gasteiger partial charge < -0.3 is 25.2 Å². The van der Waals surface area contributed by atoms with Crippen LogP contribution in [0.15, 0.2) is 12.1 Å². The van der Waals surface area contributed by atoms with Crippen LogP contribution in [0.4, 0.5) is 32.2 Å². The van der Waals surface area contributed by atoms with Crippen molar-refractivity contribution in [3.8, 4) is 5.88 Å². The molecule has 1 fully saturated rings. The summed E-state index contributed by atoms with van der Waals surface area (Å²) in [5, 5.41) is 17.6. The lowest BCUT2D eigenvalue weighted by Crippen LogP contribution is -2.33. The molecule has 1 aromatic rings. The summed E-state index contributed by atoms with van der Waals surface area (Å²) in [7, 11) is 2.17. The number of carboxylic acid groups (broad SMARTS) is 2. The topological polar surface area (TPSA) is 112 Å². The monoisotopic (exact) mass is 489 g/mol. The third kappa shape index (κ3) is 10.1. The molecule has 1 aliphatic heterocycles. The lowest BCUT2D eigenvalue weighted by Gasteiger charge is -2.32. The second-order valence-electron chi connectivity index (χ2n) is 7.17. The van der Waals surface area contributed by atoms with E-state index in [-0.39, 0.29) is 0 Å². The van der Waals surface area contributed by atoms with Gasteiger partial charge in [0.2, 0.25) is 5.88 Å². The number of nitrogens with zero attached hydrogens (tertiary/aromatic N) is 2. The second-order valence-corrected chi connectivity index (χ2v) is 7.17. The summed E-state index contributed by atoms with van der Waals surface area (Å²) in [5.41, 5.74) is 1.17. The van der Waals surface area contributed by atoms with E-state index in [0.29, 0.717) is 12.6 Å². The van der Waals surface area contributed by atoms with Gasteiger partial charge in [0.25, 0.3) is 0 Å². The van der Waals surface area contributed by atoms with Crippen molar-refractivity contribution in [3.05, 3.63) is 17.7 Å². The number of aliphatic carboxylic acids is 2. The molecular formula is C19H25F6N3O5. The summed E-state index contributed by atoms with van der Waals surface area (Å²) in [4.78, 5) is 24.8. The molecule has 3 rings (SSSR count). The zero-order valence-electron chi connectivity index (χ0n) is 17.7. The van der Waals surface area contributed by atoms with Crippen molar-refractivity contribution >= 4 is 17.8 Å². The summed E-state index contributed by atoms with van der Waals surface area (Å²) in [5.74, 6) is -3.65. The Balaban J connectivity index is 0.000000324. The molecule has 0 radical (unpaired) electrons. The molecule has 33 heavy (non-hydrogen) atoms. The number of alkyl halides is 6. The lowest BCUT2D eigenvalue weighted by atomic mass is 9.94.